The molecule has 2 heterocycles. The predicted molar refractivity (Wildman–Crippen MR) is 355 cm³/mol. The van der Waals surface area contributed by atoms with E-state index in [1.165, 1.54) is 93.3 Å². The van der Waals surface area contributed by atoms with Crippen LogP contribution in [0.1, 0.15) is 25.0 Å². The maximum absolute atomic E-state index is 7.21. The first-order chi connectivity index (χ1) is 41.4. The normalized spacial score (nSPS) is 13.3. The van der Waals surface area contributed by atoms with Crippen molar-refractivity contribution in [1.82, 2.24) is 0 Å². The topological polar surface area (TPSA) is 15.7 Å². The van der Waals surface area contributed by atoms with Gasteiger partial charge in [-0.1, -0.05) is 250 Å². The molecule has 394 valence electrons. The number of hydrogen-bond donors (Lipinski definition) is 0. The van der Waals surface area contributed by atoms with Gasteiger partial charge in [0.15, 0.2) is 11.5 Å². The number of fused-ring (bicyclic) bond motifs is 12. The van der Waals surface area contributed by atoms with Crippen LogP contribution >= 0.6 is 0 Å². The van der Waals surface area contributed by atoms with E-state index in [0.717, 1.165) is 72.6 Å². The molecule has 15 aromatic carbocycles. The molecule has 3 heteroatoms. The van der Waals surface area contributed by atoms with Gasteiger partial charge >= 0.3 is 0 Å². The fraction of sp³-hybridized carbons (Fsp3) is 0.0370. The van der Waals surface area contributed by atoms with Crippen LogP contribution in [0, 0.1) is 0 Å². The summed E-state index contributed by atoms with van der Waals surface area (Å²) in [5.41, 5.74) is 18.3. The Morgan fingerprint density at radius 2 is 0.774 bits per heavy atom. The predicted octanol–water partition coefficient (Wildman–Crippen LogP) is 23.0. The highest BCUT2D eigenvalue weighted by Crippen LogP contribution is 2.59. The van der Waals surface area contributed by atoms with Crippen LogP contribution in [0.5, 0.6) is 11.5 Å². The summed E-state index contributed by atoms with van der Waals surface area (Å²) in [6, 6.07) is 107. The summed E-state index contributed by atoms with van der Waals surface area (Å²) in [4.78, 5) is 5.01. The highest BCUT2D eigenvalue weighted by molar-refractivity contribution is 6.23. The molecule has 2 aliphatic rings. The number of nitrogens with zero attached hydrogens (tertiary/aromatic N) is 2. The standard InChI is InChI=1S/C81H54N2O/c1-81(2)70-43-37-56(49-73(70)82(71-44-38-52-21-6-12-29-64(52)78(71)81)61-41-35-54(36-42-61)76-62-27-10-8-23-58(62)48-59-24-9-11-28-63(59)76)57-40-46-75-74(50-57)83(72-45-39-53-22-7-13-30-65(53)80(72)84-75)79-68-33-16-14-31-66(68)77(67-32-15-17-34-69(67)79)60-26-18-25-55(47-60)51-19-4-3-5-20-51/h3-50H,1-2H3. The molecule has 0 unspecified atom stereocenters. The summed E-state index contributed by atoms with van der Waals surface area (Å²) < 4.78 is 7.21. The van der Waals surface area contributed by atoms with E-state index >= 15 is 0 Å². The molecule has 0 saturated carbocycles. The van der Waals surface area contributed by atoms with Crippen molar-refractivity contribution < 1.29 is 4.74 Å². The second-order valence-electron chi connectivity index (χ2n) is 23.1. The number of rotatable bonds is 6. The van der Waals surface area contributed by atoms with Crippen molar-refractivity contribution in [2.24, 2.45) is 0 Å². The van der Waals surface area contributed by atoms with Crippen molar-refractivity contribution in [3.63, 3.8) is 0 Å². The van der Waals surface area contributed by atoms with Crippen molar-refractivity contribution in [3.8, 4) is 56.0 Å². The zero-order valence-electron chi connectivity index (χ0n) is 46.5. The lowest BCUT2D eigenvalue weighted by atomic mass is 9.71. The summed E-state index contributed by atoms with van der Waals surface area (Å²) in [5.74, 6) is 1.65. The Labute approximate surface area is 488 Å². The molecule has 0 bridgehead atoms. The molecule has 0 atom stereocenters. The lowest BCUT2D eigenvalue weighted by molar-refractivity contribution is 0.483. The number of anilines is 6. The van der Waals surface area contributed by atoms with Gasteiger partial charge in [-0.2, -0.15) is 0 Å². The molecular formula is C81H54N2O. The second-order valence-corrected chi connectivity index (χ2v) is 23.1. The Kier molecular flexibility index (Phi) is 10.7. The third-order valence-electron chi connectivity index (χ3n) is 18.1. The van der Waals surface area contributed by atoms with Gasteiger partial charge in [0.1, 0.15) is 0 Å². The third kappa shape index (κ3) is 7.32. The second kappa shape index (κ2) is 18.7. The Hall–Kier alpha value is -10.7. The van der Waals surface area contributed by atoms with Gasteiger partial charge < -0.3 is 14.5 Å². The largest absolute Gasteiger partial charge is 0.452 e. The first-order valence-electron chi connectivity index (χ1n) is 29.1. The van der Waals surface area contributed by atoms with Crippen LogP contribution in [0.25, 0.3) is 109 Å². The van der Waals surface area contributed by atoms with E-state index in [-0.39, 0.29) is 5.41 Å². The minimum absolute atomic E-state index is 0.327. The van der Waals surface area contributed by atoms with E-state index in [4.69, 9.17) is 4.74 Å². The summed E-state index contributed by atoms with van der Waals surface area (Å²) in [6.07, 6.45) is 0. The van der Waals surface area contributed by atoms with Crippen molar-refractivity contribution in [2.45, 2.75) is 19.3 Å². The molecule has 0 spiro atoms. The van der Waals surface area contributed by atoms with E-state index in [1.54, 1.807) is 0 Å². The van der Waals surface area contributed by atoms with Gasteiger partial charge in [-0.15, -0.1) is 0 Å². The average Bonchev–Trinajstić information content (AvgIpc) is 1.73. The third-order valence-corrected chi connectivity index (χ3v) is 18.1. The van der Waals surface area contributed by atoms with Crippen LogP contribution in [0.4, 0.5) is 34.1 Å². The van der Waals surface area contributed by atoms with Gasteiger partial charge in [-0.25, -0.2) is 0 Å². The molecule has 2 aliphatic heterocycles. The summed E-state index contributed by atoms with van der Waals surface area (Å²) >= 11 is 0. The summed E-state index contributed by atoms with van der Waals surface area (Å²) in [5, 5.41) is 14.4. The van der Waals surface area contributed by atoms with Crippen LogP contribution < -0.4 is 14.5 Å². The van der Waals surface area contributed by atoms with Crippen LogP contribution in [-0.4, -0.2) is 0 Å². The molecule has 0 N–H and O–H groups in total. The van der Waals surface area contributed by atoms with Gasteiger partial charge in [-0.3, -0.25) is 0 Å². The van der Waals surface area contributed by atoms with E-state index in [1.807, 2.05) is 0 Å². The van der Waals surface area contributed by atoms with Gasteiger partial charge in [0.25, 0.3) is 0 Å². The van der Waals surface area contributed by atoms with Gasteiger partial charge in [0, 0.05) is 27.3 Å². The molecule has 0 fully saturated rings. The molecular weight excluding hydrogens is 1020 g/mol. The highest BCUT2D eigenvalue weighted by Gasteiger charge is 2.39. The Bertz CT molecular complexity index is 5100. The van der Waals surface area contributed by atoms with E-state index < -0.39 is 0 Å². The van der Waals surface area contributed by atoms with Gasteiger partial charge in [0.05, 0.1) is 28.4 Å². The monoisotopic (exact) mass is 1070 g/mol. The van der Waals surface area contributed by atoms with E-state index in [9.17, 15) is 0 Å². The summed E-state index contributed by atoms with van der Waals surface area (Å²) in [7, 11) is 0. The Balaban J connectivity index is 0.861. The van der Waals surface area contributed by atoms with Crippen molar-refractivity contribution in [1.29, 1.82) is 0 Å². The molecule has 3 nitrogen and oxygen atoms in total. The van der Waals surface area contributed by atoms with E-state index in [2.05, 4.69) is 315 Å². The molecule has 84 heavy (non-hydrogen) atoms. The highest BCUT2D eigenvalue weighted by atomic mass is 16.5. The fourth-order valence-corrected chi connectivity index (χ4v) is 14.3. The Morgan fingerprint density at radius 3 is 1.45 bits per heavy atom. The molecule has 0 aliphatic carbocycles. The number of ether oxygens (including phenoxy) is 1. The fourth-order valence-electron chi connectivity index (χ4n) is 14.3. The Morgan fingerprint density at radius 1 is 0.286 bits per heavy atom. The lowest BCUT2D eigenvalue weighted by Gasteiger charge is -2.43. The molecule has 0 saturated heterocycles. The minimum Gasteiger partial charge on any atom is -0.452 e. The van der Waals surface area contributed by atoms with Crippen molar-refractivity contribution in [3.05, 3.63) is 302 Å². The van der Waals surface area contributed by atoms with Crippen molar-refractivity contribution in [2.75, 3.05) is 9.80 Å². The number of benzene rings is 15. The zero-order valence-corrected chi connectivity index (χ0v) is 46.5. The van der Waals surface area contributed by atoms with Crippen LogP contribution in [-0.2, 0) is 5.41 Å². The molecule has 0 amide bonds. The minimum atomic E-state index is -0.327. The first-order valence-corrected chi connectivity index (χ1v) is 29.1. The molecule has 0 aromatic heterocycles. The SMILES string of the molecule is CC1(C)c2ccc(-c3ccc4c(c3)N(c3c5ccccc5c(-c5cccc(-c6ccccc6)c5)c5ccccc35)c3ccc5ccccc5c3O4)cc2N(c2ccc(-c3c4ccccc4cc4ccccc34)cc2)c2ccc3ccccc3c21. The molecule has 15 aromatic rings. The quantitative estimate of drug-likeness (QED) is 0.154. The molecule has 0 radical (unpaired) electrons. The smallest absolute Gasteiger partial charge is 0.159 e. The molecule has 17 rings (SSSR count). The number of hydrogen-bond acceptors (Lipinski definition) is 3. The van der Waals surface area contributed by atoms with Crippen LogP contribution in [0.2, 0.25) is 0 Å². The van der Waals surface area contributed by atoms with Gasteiger partial charge in [-0.05, 0) is 159 Å². The van der Waals surface area contributed by atoms with Crippen LogP contribution in [0.3, 0.4) is 0 Å². The van der Waals surface area contributed by atoms with E-state index in [0.29, 0.717) is 0 Å². The van der Waals surface area contributed by atoms with Gasteiger partial charge in [0.2, 0.25) is 0 Å². The summed E-state index contributed by atoms with van der Waals surface area (Å²) in [6.45, 7) is 4.80. The van der Waals surface area contributed by atoms with Crippen molar-refractivity contribution >= 4 is 98.8 Å². The maximum Gasteiger partial charge on any atom is 0.159 e. The average molecular weight is 1070 g/mol. The maximum atomic E-state index is 7.21. The lowest BCUT2D eigenvalue weighted by Crippen LogP contribution is -2.31. The van der Waals surface area contributed by atoms with Crippen LogP contribution in [0.15, 0.2) is 291 Å². The zero-order chi connectivity index (χ0) is 55.6. The first kappa shape index (κ1) is 48.0.